The van der Waals surface area contributed by atoms with Crippen LogP contribution >= 0.6 is 11.3 Å². The second-order valence-corrected chi connectivity index (χ2v) is 9.87. The van der Waals surface area contributed by atoms with Gasteiger partial charge in [-0.3, -0.25) is 10.1 Å². The summed E-state index contributed by atoms with van der Waals surface area (Å²) in [4.78, 5) is 17.1. The zero-order valence-corrected chi connectivity index (χ0v) is 16.2. The van der Waals surface area contributed by atoms with Crippen LogP contribution in [-0.4, -0.2) is 48.9 Å². The molecule has 7 nitrogen and oxygen atoms in total. The van der Waals surface area contributed by atoms with Gasteiger partial charge in [0.05, 0.1) is 15.1 Å². The molecule has 0 bridgehead atoms. The molecule has 0 saturated carbocycles. The van der Waals surface area contributed by atoms with Gasteiger partial charge in [-0.05, 0) is 50.8 Å². The first-order chi connectivity index (χ1) is 12.4. The van der Waals surface area contributed by atoms with Crippen molar-refractivity contribution in [2.24, 2.45) is 0 Å². The van der Waals surface area contributed by atoms with E-state index in [1.54, 1.807) is 25.1 Å². The summed E-state index contributed by atoms with van der Waals surface area (Å²) in [7, 11) is -3.46. The molecule has 2 aromatic rings. The lowest BCUT2D eigenvalue weighted by Crippen LogP contribution is -2.39. The number of aromatic nitrogens is 1. The standard InChI is InChI=1S/C17H21N3O4S2/c1-17(7-4-10-24-17)15(21)19-16-18-13-6-5-12(11-14(13)25-16)26(22,23)20-8-2-3-9-20/h5-6,11H,2-4,7-10H2,1H3,(H,18,19,21). The van der Waals surface area contributed by atoms with Crippen molar-refractivity contribution in [1.82, 2.24) is 9.29 Å². The van der Waals surface area contributed by atoms with Crippen LogP contribution in [0.15, 0.2) is 23.1 Å². The third kappa shape index (κ3) is 3.13. The summed E-state index contributed by atoms with van der Waals surface area (Å²) in [5, 5.41) is 3.27. The van der Waals surface area contributed by atoms with Crippen LogP contribution in [0.25, 0.3) is 10.2 Å². The number of sulfonamides is 1. The van der Waals surface area contributed by atoms with Crippen LogP contribution in [0, 0.1) is 0 Å². The molecule has 1 N–H and O–H groups in total. The molecule has 1 aromatic carbocycles. The number of thiazole rings is 1. The van der Waals surface area contributed by atoms with Crippen LogP contribution in [0.5, 0.6) is 0 Å². The van der Waals surface area contributed by atoms with Gasteiger partial charge in [-0.2, -0.15) is 4.31 Å². The second-order valence-electron chi connectivity index (χ2n) is 6.90. The quantitative estimate of drug-likeness (QED) is 0.860. The molecule has 2 fully saturated rings. The van der Waals surface area contributed by atoms with Gasteiger partial charge in [-0.15, -0.1) is 0 Å². The van der Waals surface area contributed by atoms with Crippen molar-refractivity contribution >= 4 is 42.6 Å². The van der Waals surface area contributed by atoms with Gasteiger partial charge in [-0.25, -0.2) is 13.4 Å². The van der Waals surface area contributed by atoms with E-state index in [2.05, 4.69) is 10.3 Å². The van der Waals surface area contributed by atoms with Crippen molar-refractivity contribution in [3.05, 3.63) is 18.2 Å². The van der Waals surface area contributed by atoms with E-state index in [9.17, 15) is 13.2 Å². The van der Waals surface area contributed by atoms with E-state index in [1.807, 2.05) is 0 Å². The molecule has 9 heteroatoms. The van der Waals surface area contributed by atoms with E-state index < -0.39 is 15.6 Å². The van der Waals surface area contributed by atoms with Gasteiger partial charge in [0, 0.05) is 19.7 Å². The Morgan fingerprint density at radius 2 is 2.08 bits per heavy atom. The molecule has 0 spiro atoms. The van der Waals surface area contributed by atoms with Gasteiger partial charge < -0.3 is 4.74 Å². The Balaban J connectivity index is 1.59. The topological polar surface area (TPSA) is 88.6 Å². The highest BCUT2D eigenvalue weighted by Gasteiger charge is 2.38. The van der Waals surface area contributed by atoms with E-state index in [1.165, 1.54) is 15.6 Å². The highest BCUT2D eigenvalue weighted by molar-refractivity contribution is 7.89. The Labute approximate surface area is 156 Å². The van der Waals surface area contributed by atoms with Crippen molar-refractivity contribution in [3.8, 4) is 0 Å². The number of carbonyl (C=O) groups excluding carboxylic acids is 1. The molecular weight excluding hydrogens is 374 g/mol. The number of rotatable bonds is 4. The molecule has 0 aliphatic carbocycles. The summed E-state index contributed by atoms with van der Waals surface area (Å²) >= 11 is 1.27. The van der Waals surface area contributed by atoms with E-state index >= 15 is 0 Å². The maximum atomic E-state index is 12.7. The first-order valence-corrected chi connectivity index (χ1v) is 11.0. The largest absolute Gasteiger partial charge is 0.365 e. The van der Waals surface area contributed by atoms with Crippen molar-refractivity contribution in [2.75, 3.05) is 25.0 Å². The van der Waals surface area contributed by atoms with Crippen LogP contribution in [0.1, 0.15) is 32.6 Å². The molecule has 2 aliphatic heterocycles. The fraction of sp³-hybridized carbons (Fsp3) is 0.529. The monoisotopic (exact) mass is 395 g/mol. The number of hydrogen-bond acceptors (Lipinski definition) is 6. The number of fused-ring (bicyclic) bond motifs is 1. The summed E-state index contributed by atoms with van der Waals surface area (Å²) in [6.45, 7) is 3.51. The van der Waals surface area contributed by atoms with Crippen molar-refractivity contribution < 1.29 is 17.9 Å². The highest BCUT2D eigenvalue weighted by Crippen LogP contribution is 2.32. The lowest BCUT2D eigenvalue weighted by atomic mass is 10.0. The van der Waals surface area contributed by atoms with Crippen LogP contribution in [0.2, 0.25) is 0 Å². The minimum Gasteiger partial charge on any atom is -0.365 e. The third-order valence-electron chi connectivity index (χ3n) is 4.98. The Kier molecular flexibility index (Phi) is 4.50. The average molecular weight is 396 g/mol. The van der Waals surface area contributed by atoms with Gasteiger partial charge in [0.15, 0.2) is 5.13 Å². The molecule has 1 unspecified atom stereocenters. The fourth-order valence-corrected chi connectivity index (χ4v) is 5.90. The first-order valence-electron chi connectivity index (χ1n) is 8.75. The van der Waals surface area contributed by atoms with Crippen LogP contribution in [0.4, 0.5) is 5.13 Å². The SMILES string of the molecule is CC1(C(=O)Nc2nc3ccc(S(=O)(=O)N4CCCC4)cc3s2)CCCO1. The van der Waals surface area contributed by atoms with Crippen LogP contribution in [0.3, 0.4) is 0 Å². The lowest BCUT2D eigenvalue weighted by molar-refractivity contribution is -0.133. The van der Waals surface area contributed by atoms with Gasteiger partial charge in [0.2, 0.25) is 10.0 Å². The Bertz CT molecular complexity index is 942. The fourth-order valence-electron chi connectivity index (χ4n) is 3.38. The number of amides is 1. The molecule has 0 radical (unpaired) electrons. The summed E-state index contributed by atoms with van der Waals surface area (Å²) in [5.74, 6) is -0.209. The first kappa shape index (κ1) is 17.8. The van der Waals surface area contributed by atoms with E-state index in [0.29, 0.717) is 36.8 Å². The molecule has 26 heavy (non-hydrogen) atoms. The molecular formula is C17H21N3O4S2. The molecule has 140 valence electrons. The lowest BCUT2D eigenvalue weighted by Gasteiger charge is -2.20. The second kappa shape index (κ2) is 6.56. The molecule has 1 amide bonds. The number of carbonyl (C=O) groups is 1. The summed E-state index contributed by atoms with van der Waals surface area (Å²) in [5.41, 5.74) is -0.148. The molecule has 1 atom stereocenters. The molecule has 1 aromatic heterocycles. The average Bonchev–Trinajstić information content (AvgIpc) is 3.34. The van der Waals surface area contributed by atoms with Crippen LogP contribution < -0.4 is 5.32 Å². The van der Waals surface area contributed by atoms with Gasteiger partial charge >= 0.3 is 0 Å². The van der Waals surface area contributed by atoms with Crippen molar-refractivity contribution in [3.63, 3.8) is 0 Å². The maximum absolute atomic E-state index is 12.7. The van der Waals surface area contributed by atoms with Crippen molar-refractivity contribution in [1.29, 1.82) is 0 Å². The van der Waals surface area contributed by atoms with E-state index in [-0.39, 0.29) is 10.8 Å². The van der Waals surface area contributed by atoms with Crippen molar-refractivity contribution in [2.45, 2.75) is 43.1 Å². The predicted molar refractivity (Wildman–Crippen MR) is 99.8 cm³/mol. The summed E-state index contributed by atoms with van der Waals surface area (Å²) < 4.78 is 33.2. The number of nitrogens with zero attached hydrogens (tertiary/aromatic N) is 2. The number of benzene rings is 1. The number of ether oxygens (including phenoxy) is 1. The minimum atomic E-state index is -3.46. The minimum absolute atomic E-state index is 0.209. The maximum Gasteiger partial charge on any atom is 0.258 e. The zero-order valence-electron chi connectivity index (χ0n) is 14.5. The van der Waals surface area contributed by atoms with E-state index in [4.69, 9.17) is 4.74 Å². The predicted octanol–water partition coefficient (Wildman–Crippen LogP) is 2.59. The molecule has 2 aliphatic rings. The zero-order chi connectivity index (χ0) is 18.4. The molecule has 4 rings (SSSR count). The highest BCUT2D eigenvalue weighted by atomic mass is 32.2. The third-order valence-corrected chi connectivity index (χ3v) is 7.81. The summed E-state index contributed by atoms with van der Waals surface area (Å²) in [6.07, 6.45) is 3.35. The number of anilines is 1. The number of nitrogens with one attached hydrogen (secondary N) is 1. The van der Waals surface area contributed by atoms with E-state index in [0.717, 1.165) is 24.0 Å². The Morgan fingerprint density at radius 3 is 2.77 bits per heavy atom. The Hall–Kier alpha value is -1.55. The normalized spacial score (nSPS) is 24.3. The smallest absolute Gasteiger partial charge is 0.258 e. The van der Waals surface area contributed by atoms with Gasteiger partial charge in [0.1, 0.15) is 5.60 Å². The van der Waals surface area contributed by atoms with Gasteiger partial charge in [0.25, 0.3) is 5.91 Å². The molecule has 3 heterocycles. The number of hydrogen-bond donors (Lipinski definition) is 1. The summed E-state index contributed by atoms with van der Waals surface area (Å²) in [6, 6.07) is 4.92. The van der Waals surface area contributed by atoms with Crippen LogP contribution in [-0.2, 0) is 19.6 Å². The van der Waals surface area contributed by atoms with Gasteiger partial charge in [-0.1, -0.05) is 11.3 Å². The molecule has 2 saturated heterocycles. The Morgan fingerprint density at radius 1 is 1.31 bits per heavy atom.